The molecule has 0 radical (unpaired) electrons. The van der Waals surface area contributed by atoms with Gasteiger partial charge in [0, 0.05) is 6.42 Å². The number of rotatable bonds is 29. The zero-order chi connectivity index (χ0) is 26.4. The van der Waals surface area contributed by atoms with Crippen LogP contribution in [0.1, 0.15) is 161 Å². The lowest BCUT2D eigenvalue weighted by atomic mass is 9.90. The Kier molecular flexibility index (Phi) is 29.6. The molecule has 0 aliphatic rings. The van der Waals surface area contributed by atoms with E-state index < -0.39 is 0 Å². The van der Waals surface area contributed by atoms with Crippen LogP contribution in [0.25, 0.3) is 0 Å². The van der Waals surface area contributed by atoms with Crippen LogP contribution in [0, 0.1) is 5.92 Å². The van der Waals surface area contributed by atoms with Crippen LogP contribution in [0.4, 0.5) is 0 Å². The third kappa shape index (κ3) is 29.3. The number of hydrogen-bond acceptors (Lipinski definition) is 2. The fourth-order valence-corrected chi connectivity index (χ4v) is 5.09. The first-order valence-electron chi connectivity index (χ1n) is 16.1. The molecule has 36 heavy (non-hydrogen) atoms. The molecule has 0 spiro atoms. The van der Waals surface area contributed by atoms with Crippen molar-refractivity contribution in [1.29, 1.82) is 0 Å². The Morgan fingerprint density at radius 2 is 0.972 bits per heavy atom. The molecule has 0 bridgehead atoms. The quantitative estimate of drug-likeness (QED) is 0.0574. The summed E-state index contributed by atoms with van der Waals surface area (Å²) in [6.45, 7) is 3.50. The fourth-order valence-electron chi connectivity index (χ4n) is 5.09. The molecule has 0 aliphatic carbocycles. The zero-order valence-corrected chi connectivity index (χ0v) is 25.0. The van der Waals surface area contributed by atoms with E-state index in [4.69, 9.17) is 0 Å². The van der Waals surface area contributed by atoms with Crippen molar-refractivity contribution in [2.75, 3.05) is 20.6 Å². The van der Waals surface area contributed by atoms with Crippen molar-refractivity contribution >= 4 is 6.29 Å². The van der Waals surface area contributed by atoms with Crippen molar-refractivity contribution < 1.29 is 4.79 Å². The lowest BCUT2D eigenvalue weighted by Crippen LogP contribution is -2.14. The summed E-state index contributed by atoms with van der Waals surface area (Å²) in [5.74, 6) is 0.943. The molecule has 0 aromatic heterocycles. The van der Waals surface area contributed by atoms with E-state index >= 15 is 0 Å². The third-order valence-corrected chi connectivity index (χ3v) is 7.47. The summed E-state index contributed by atoms with van der Waals surface area (Å²) < 4.78 is 0. The average Bonchev–Trinajstić information content (AvgIpc) is 2.86. The normalized spacial score (nSPS) is 12.9. The minimum absolute atomic E-state index is 0.753. The van der Waals surface area contributed by atoms with E-state index in [1.165, 1.54) is 141 Å². The number of carbonyl (C=O) groups is 1. The van der Waals surface area contributed by atoms with E-state index in [1.54, 1.807) is 0 Å². The number of aldehydes is 1. The van der Waals surface area contributed by atoms with E-state index in [0.717, 1.165) is 31.5 Å². The molecular formula is C34H65NO. The van der Waals surface area contributed by atoms with Crippen molar-refractivity contribution in [2.24, 2.45) is 5.92 Å². The van der Waals surface area contributed by atoms with E-state index in [0.29, 0.717) is 0 Å². The van der Waals surface area contributed by atoms with E-state index in [9.17, 15) is 4.79 Å². The molecule has 0 saturated heterocycles. The smallest absolute Gasteiger partial charge is 0.119 e. The SMILES string of the molecule is CCCCC/C=C\C/C=C\CCCCCCCCCC(CCCCCCCCC=O)CCCN(C)C. The van der Waals surface area contributed by atoms with Crippen molar-refractivity contribution in [1.82, 2.24) is 4.90 Å². The second-order valence-corrected chi connectivity index (χ2v) is 11.4. The predicted molar refractivity (Wildman–Crippen MR) is 163 cm³/mol. The molecule has 0 amide bonds. The first-order valence-corrected chi connectivity index (χ1v) is 16.1. The highest BCUT2D eigenvalue weighted by Gasteiger charge is 2.09. The van der Waals surface area contributed by atoms with Crippen LogP contribution in [0.3, 0.4) is 0 Å². The Bertz CT molecular complexity index is 482. The monoisotopic (exact) mass is 504 g/mol. The highest BCUT2D eigenvalue weighted by molar-refractivity contribution is 5.48. The van der Waals surface area contributed by atoms with Crippen molar-refractivity contribution in [3.63, 3.8) is 0 Å². The van der Waals surface area contributed by atoms with Crippen LogP contribution in [0.15, 0.2) is 24.3 Å². The van der Waals surface area contributed by atoms with Gasteiger partial charge in [0.1, 0.15) is 6.29 Å². The van der Waals surface area contributed by atoms with Crippen LogP contribution < -0.4 is 0 Å². The molecule has 2 heteroatoms. The van der Waals surface area contributed by atoms with Crippen LogP contribution in [0.5, 0.6) is 0 Å². The molecule has 0 aliphatic heterocycles. The zero-order valence-electron chi connectivity index (χ0n) is 25.0. The Morgan fingerprint density at radius 3 is 1.47 bits per heavy atom. The minimum atomic E-state index is 0.753. The van der Waals surface area contributed by atoms with E-state index in [1.807, 2.05) is 0 Å². The lowest BCUT2D eigenvalue weighted by molar-refractivity contribution is -0.107. The molecule has 2 nitrogen and oxygen atoms in total. The maximum absolute atomic E-state index is 10.4. The van der Waals surface area contributed by atoms with Crippen LogP contribution in [-0.4, -0.2) is 31.8 Å². The van der Waals surface area contributed by atoms with Gasteiger partial charge in [0.15, 0.2) is 0 Å². The Morgan fingerprint density at radius 1 is 0.528 bits per heavy atom. The van der Waals surface area contributed by atoms with Crippen molar-refractivity contribution in [2.45, 2.75) is 161 Å². The number of nitrogens with zero attached hydrogens (tertiary/aromatic N) is 1. The highest BCUT2D eigenvalue weighted by atomic mass is 16.1. The highest BCUT2D eigenvalue weighted by Crippen LogP contribution is 2.23. The third-order valence-electron chi connectivity index (χ3n) is 7.47. The molecular weight excluding hydrogens is 438 g/mol. The standard InChI is InChI=1S/C34H65NO/c1-4-5-6-7-8-9-10-11-12-13-14-15-16-17-19-22-25-29-34(31-28-32-35(2)3)30-26-23-20-18-21-24-27-33-36/h8-9,11-12,33-34H,4-7,10,13-32H2,1-3H3/b9-8-,12-11-. The minimum Gasteiger partial charge on any atom is -0.309 e. The van der Waals surface area contributed by atoms with Gasteiger partial charge in [-0.3, -0.25) is 0 Å². The number of hydrogen-bond donors (Lipinski definition) is 0. The Hall–Kier alpha value is -0.890. The molecule has 1 unspecified atom stereocenters. The summed E-state index contributed by atoms with van der Waals surface area (Å²) in [5, 5.41) is 0. The van der Waals surface area contributed by atoms with Gasteiger partial charge in [0.25, 0.3) is 0 Å². The average molecular weight is 504 g/mol. The van der Waals surface area contributed by atoms with Crippen molar-refractivity contribution in [3.05, 3.63) is 24.3 Å². The Labute approximate surface area is 227 Å². The molecule has 0 saturated carbocycles. The fraction of sp³-hybridized carbons (Fsp3) is 0.853. The maximum atomic E-state index is 10.4. The second-order valence-electron chi connectivity index (χ2n) is 11.4. The first-order chi connectivity index (χ1) is 17.7. The lowest BCUT2D eigenvalue weighted by Gasteiger charge is -2.18. The van der Waals surface area contributed by atoms with E-state index in [2.05, 4.69) is 50.2 Å². The van der Waals surface area contributed by atoms with Gasteiger partial charge in [-0.2, -0.15) is 0 Å². The molecule has 0 rings (SSSR count). The molecule has 0 aromatic carbocycles. The van der Waals surface area contributed by atoms with Crippen LogP contribution >= 0.6 is 0 Å². The summed E-state index contributed by atoms with van der Waals surface area (Å²) in [6.07, 6.45) is 42.3. The maximum Gasteiger partial charge on any atom is 0.119 e. The molecule has 0 aromatic rings. The predicted octanol–water partition coefficient (Wildman–Crippen LogP) is 10.9. The van der Waals surface area contributed by atoms with Crippen LogP contribution in [-0.2, 0) is 4.79 Å². The number of allylic oxidation sites excluding steroid dienone is 4. The van der Waals surface area contributed by atoms with Gasteiger partial charge in [0.2, 0.25) is 0 Å². The van der Waals surface area contributed by atoms with Crippen molar-refractivity contribution in [3.8, 4) is 0 Å². The summed E-state index contributed by atoms with van der Waals surface area (Å²) in [4.78, 5) is 12.7. The summed E-state index contributed by atoms with van der Waals surface area (Å²) in [5.41, 5.74) is 0. The molecule has 0 N–H and O–H groups in total. The topological polar surface area (TPSA) is 20.3 Å². The summed E-state index contributed by atoms with van der Waals surface area (Å²) in [7, 11) is 4.40. The van der Waals surface area contributed by atoms with E-state index in [-0.39, 0.29) is 0 Å². The molecule has 1 atom stereocenters. The van der Waals surface area contributed by atoms with Gasteiger partial charge in [0.05, 0.1) is 0 Å². The summed E-state index contributed by atoms with van der Waals surface area (Å²) in [6, 6.07) is 0. The number of carbonyl (C=O) groups excluding carboxylic acids is 1. The molecule has 0 heterocycles. The van der Waals surface area contributed by atoms with Crippen LogP contribution in [0.2, 0.25) is 0 Å². The number of unbranched alkanes of at least 4 members (excludes halogenated alkanes) is 16. The first kappa shape index (κ1) is 35.1. The summed E-state index contributed by atoms with van der Waals surface area (Å²) >= 11 is 0. The molecule has 0 fully saturated rings. The largest absolute Gasteiger partial charge is 0.309 e. The van der Waals surface area contributed by atoms with Gasteiger partial charge in [-0.25, -0.2) is 0 Å². The van der Waals surface area contributed by atoms with Gasteiger partial charge >= 0.3 is 0 Å². The van der Waals surface area contributed by atoms with Gasteiger partial charge in [-0.1, -0.05) is 128 Å². The Balaban J connectivity index is 3.69. The van der Waals surface area contributed by atoms with Gasteiger partial charge in [-0.05, 0) is 77.9 Å². The van der Waals surface area contributed by atoms with Gasteiger partial charge in [-0.15, -0.1) is 0 Å². The van der Waals surface area contributed by atoms with Gasteiger partial charge < -0.3 is 9.69 Å². The second kappa shape index (κ2) is 30.3. The molecule has 212 valence electrons.